The molecule has 1 aromatic carbocycles. The fourth-order valence-corrected chi connectivity index (χ4v) is 3.94. The van der Waals surface area contributed by atoms with Crippen LogP contribution in [0.2, 0.25) is 0 Å². The third-order valence-corrected chi connectivity index (χ3v) is 5.49. The summed E-state index contributed by atoms with van der Waals surface area (Å²) >= 11 is 0. The first-order valence-corrected chi connectivity index (χ1v) is 8.35. The van der Waals surface area contributed by atoms with Gasteiger partial charge in [0.2, 0.25) is 0 Å². The van der Waals surface area contributed by atoms with Crippen molar-refractivity contribution in [3.8, 4) is 0 Å². The molecule has 2 N–H and O–H groups in total. The Bertz CT molecular complexity index is 407. The highest BCUT2D eigenvalue weighted by atomic mass is 14.6. The van der Waals surface area contributed by atoms with Crippen molar-refractivity contribution in [3.63, 3.8) is 0 Å². The average Bonchev–Trinajstić information content (AvgIpc) is 2.45. The minimum Gasteiger partial charge on any atom is -0.330 e. The first-order valence-electron chi connectivity index (χ1n) is 8.35. The molecule has 0 unspecified atom stereocenters. The summed E-state index contributed by atoms with van der Waals surface area (Å²) in [6.45, 7) is 7.64. The van der Waals surface area contributed by atoms with Gasteiger partial charge in [0.05, 0.1) is 0 Å². The summed E-state index contributed by atoms with van der Waals surface area (Å²) in [5, 5.41) is 0. The molecule has 1 fully saturated rings. The summed E-state index contributed by atoms with van der Waals surface area (Å²) in [7, 11) is 0. The van der Waals surface area contributed by atoms with E-state index < -0.39 is 0 Å². The summed E-state index contributed by atoms with van der Waals surface area (Å²) < 4.78 is 0. The maximum atomic E-state index is 6.21. The van der Waals surface area contributed by atoms with Gasteiger partial charge in [0.15, 0.2) is 0 Å². The number of aryl methyl sites for hydroxylation is 2. The second-order valence-corrected chi connectivity index (χ2v) is 6.98. The molecule has 1 aromatic rings. The predicted octanol–water partition coefficient (Wildman–Crippen LogP) is 4.78. The highest BCUT2D eigenvalue weighted by molar-refractivity contribution is 5.34. The van der Waals surface area contributed by atoms with Crippen molar-refractivity contribution in [3.05, 3.63) is 34.9 Å². The maximum absolute atomic E-state index is 6.21. The molecule has 0 radical (unpaired) electrons. The molecular weight excluding hydrogens is 242 g/mol. The zero-order valence-electron chi connectivity index (χ0n) is 13.5. The molecule has 2 rings (SSSR count). The van der Waals surface area contributed by atoms with Crippen LogP contribution < -0.4 is 5.73 Å². The Balaban J connectivity index is 2.10. The van der Waals surface area contributed by atoms with Crippen molar-refractivity contribution in [2.75, 3.05) is 6.54 Å². The van der Waals surface area contributed by atoms with E-state index >= 15 is 0 Å². The van der Waals surface area contributed by atoms with E-state index in [2.05, 4.69) is 39.0 Å². The summed E-state index contributed by atoms with van der Waals surface area (Å²) in [6, 6.07) is 6.66. The van der Waals surface area contributed by atoms with Gasteiger partial charge in [0, 0.05) is 0 Å². The van der Waals surface area contributed by atoms with Crippen molar-refractivity contribution in [2.45, 2.75) is 65.7 Å². The van der Waals surface area contributed by atoms with Crippen molar-refractivity contribution in [1.29, 1.82) is 0 Å². The van der Waals surface area contributed by atoms with Gasteiger partial charge in [0.1, 0.15) is 0 Å². The predicted molar refractivity (Wildman–Crippen MR) is 88.0 cm³/mol. The molecule has 112 valence electrons. The van der Waals surface area contributed by atoms with Crippen molar-refractivity contribution >= 4 is 0 Å². The molecule has 0 spiro atoms. The quantitative estimate of drug-likeness (QED) is 0.820. The Morgan fingerprint density at radius 1 is 1.15 bits per heavy atom. The summed E-state index contributed by atoms with van der Waals surface area (Å²) in [5.41, 5.74) is 11.0. The molecule has 0 aliphatic heterocycles. The molecule has 1 nitrogen and oxygen atoms in total. The Morgan fingerprint density at radius 3 is 2.25 bits per heavy atom. The first-order chi connectivity index (χ1) is 9.60. The Hall–Kier alpha value is -0.820. The smallest absolute Gasteiger partial charge is 0.00173 e. The minimum atomic E-state index is 0.362. The zero-order valence-corrected chi connectivity index (χ0v) is 13.5. The normalized spacial score (nSPS) is 26.7. The molecule has 1 saturated carbocycles. The second-order valence-electron chi connectivity index (χ2n) is 6.98. The van der Waals surface area contributed by atoms with E-state index in [0.29, 0.717) is 5.41 Å². The molecule has 1 aliphatic carbocycles. The lowest BCUT2D eigenvalue weighted by molar-refractivity contribution is 0.150. The zero-order chi connectivity index (χ0) is 14.6. The summed E-state index contributed by atoms with van der Waals surface area (Å²) in [5.74, 6) is 0.956. The topological polar surface area (TPSA) is 26.0 Å². The van der Waals surface area contributed by atoms with Gasteiger partial charge in [-0.25, -0.2) is 0 Å². The Kier molecular flexibility index (Phi) is 5.26. The number of hydrogen-bond donors (Lipinski definition) is 1. The molecule has 0 saturated heterocycles. The minimum absolute atomic E-state index is 0.362. The molecule has 0 aromatic heterocycles. The summed E-state index contributed by atoms with van der Waals surface area (Å²) in [4.78, 5) is 0. The maximum Gasteiger partial charge on any atom is -0.00173 e. The first kappa shape index (κ1) is 15.6. The van der Waals surface area contributed by atoms with E-state index in [0.717, 1.165) is 12.5 Å². The van der Waals surface area contributed by atoms with Gasteiger partial charge in [-0.1, -0.05) is 38.0 Å². The molecule has 0 heterocycles. The van der Waals surface area contributed by atoms with Gasteiger partial charge >= 0.3 is 0 Å². The molecule has 1 aliphatic rings. The fraction of sp³-hybridized carbons (Fsp3) is 0.684. The number of nitrogens with two attached hydrogens (primary N) is 1. The molecule has 0 amide bonds. The van der Waals surface area contributed by atoms with Gasteiger partial charge in [-0.05, 0) is 80.5 Å². The Labute approximate surface area is 125 Å². The molecular formula is C19H31N. The van der Waals surface area contributed by atoms with Crippen LogP contribution in [0.25, 0.3) is 0 Å². The number of benzene rings is 1. The van der Waals surface area contributed by atoms with Gasteiger partial charge in [-0.2, -0.15) is 0 Å². The van der Waals surface area contributed by atoms with Gasteiger partial charge in [-0.3, -0.25) is 0 Å². The van der Waals surface area contributed by atoms with Crippen molar-refractivity contribution in [2.24, 2.45) is 17.1 Å². The lowest BCUT2D eigenvalue weighted by atomic mass is 9.66. The van der Waals surface area contributed by atoms with Crippen LogP contribution in [0.1, 0.15) is 62.1 Å². The van der Waals surface area contributed by atoms with Crippen LogP contribution in [-0.4, -0.2) is 6.54 Å². The van der Waals surface area contributed by atoms with Crippen LogP contribution >= 0.6 is 0 Å². The van der Waals surface area contributed by atoms with Crippen LogP contribution in [0.5, 0.6) is 0 Å². The average molecular weight is 273 g/mol. The van der Waals surface area contributed by atoms with E-state index in [1.54, 1.807) is 5.56 Å². The summed E-state index contributed by atoms with van der Waals surface area (Å²) in [6.07, 6.45) is 9.33. The van der Waals surface area contributed by atoms with Crippen LogP contribution in [0.3, 0.4) is 0 Å². The fourth-order valence-electron chi connectivity index (χ4n) is 3.94. The highest BCUT2D eigenvalue weighted by Crippen LogP contribution is 2.42. The lowest BCUT2D eigenvalue weighted by Crippen LogP contribution is -2.37. The largest absolute Gasteiger partial charge is 0.330 e. The van der Waals surface area contributed by atoms with Gasteiger partial charge in [-0.15, -0.1) is 0 Å². The van der Waals surface area contributed by atoms with E-state index in [1.807, 2.05) is 0 Å². The molecule has 20 heavy (non-hydrogen) atoms. The van der Waals surface area contributed by atoms with Crippen LogP contribution in [-0.2, 0) is 6.42 Å². The monoisotopic (exact) mass is 273 g/mol. The number of rotatable bonds is 5. The molecule has 0 atom stereocenters. The SMILES string of the molecule is CCCC1CCC(CN)(Cc2c(C)cccc2C)CC1. The van der Waals surface area contributed by atoms with E-state index in [-0.39, 0.29) is 0 Å². The van der Waals surface area contributed by atoms with Crippen LogP contribution in [0.4, 0.5) is 0 Å². The van der Waals surface area contributed by atoms with Crippen LogP contribution in [0, 0.1) is 25.2 Å². The van der Waals surface area contributed by atoms with E-state index in [9.17, 15) is 0 Å². The van der Waals surface area contributed by atoms with Crippen molar-refractivity contribution < 1.29 is 0 Å². The lowest BCUT2D eigenvalue weighted by Gasteiger charge is -2.40. The highest BCUT2D eigenvalue weighted by Gasteiger charge is 2.34. The third kappa shape index (κ3) is 3.44. The number of hydrogen-bond acceptors (Lipinski definition) is 1. The van der Waals surface area contributed by atoms with Crippen LogP contribution in [0.15, 0.2) is 18.2 Å². The van der Waals surface area contributed by atoms with E-state index in [1.165, 1.54) is 56.1 Å². The Morgan fingerprint density at radius 2 is 1.75 bits per heavy atom. The second kappa shape index (κ2) is 6.76. The molecule has 0 bridgehead atoms. The van der Waals surface area contributed by atoms with E-state index in [4.69, 9.17) is 5.73 Å². The van der Waals surface area contributed by atoms with Crippen molar-refractivity contribution in [1.82, 2.24) is 0 Å². The van der Waals surface area contributed by atoms with Gasteiger partial charge in [0.25, 0.3) is 0 Å². The molecule has 1 heteroatoms. The third-order valence-electron chi connectivity index (χ3n) is 5.49. The van der Waals surface area contributed by atoms with Gasteiger partial charge < -0.3 is 5.73 Å². The standard InChI is InChI=1S/C19H31N/c1-4-6-17-9-11-19(14-20,12-10-17)13-18-15(2)7-5-8-16(18)3/h5,7-8,17H,4,6,9-14,20H2,1-3H3.